The molecule has 7 nitrogen and oxygen atoms in total. The first-order chi connectivity index (χ1) is 11.6. The zero-order valence-electron chi connectivity index (χ0n) is 12.6. The lowest BCUT2D eigenvalue weighted by molar-refractivity contribution is -0.0446. The summed E-state index contributed by atoms with van der Waals surface area (Å²) >= 11 is 0. The number of carbonyl (C=O) groups is 3. The number of fused-ring (bicyclic) bond motifs is 3. The van der Waals surface area contributed by atoms with Crippen molar-refractivity contribution in [3.05, 3.63) is 70.8 Å². The fourth-order valence-electron chi connectivity index (χ4n) is 3.24. The van der Waals surface area contributed by atoms with Crippen LogP contribution in [-0.2, 0) is 6.54 Å². The van der Waals surface area contributed by atoms with Crippen LogP contribution in [0.15, 0.2) is 48.5 Å². The van der Waals surface area contributed by atoms with E-state index in [2.05, 4.69) is 5.32 Å². The van der Waals surface area contributed by atoms with Crippen LogP contribution in [0.25, 0.3) is 0 Å². The topological polar surface area (TPSA) is 95.7 Å². The molecule has 2 aromatic rings. The first-order valence-corrected chi connectivity index (χ1v) is 7.46. The maximum Gasteiger partial charge on any atom is 0.314 e. The fourth-order valence-corrected chi connectivity index (χ4v) is 3.24. The van der Waals surface area contributed by atoms with Gasteiger partial charge in [-0.15, -0.1) is 0 Å². The predicted molar refractivity (Wildman–Crippen MR) is 84.4 cm³/mol. The Balaban J connectivity index is 1.89. The quantitative estimate of drug-likeness (QED) is 0.830. The highest BCUT2D eigenvalue weighted by molar-refractivity contribution is 6.04. The van der Waals surface area contributed by atoms with Crippen molar-refractivity contribution in [3.8, 4) is 0 Å². The van der Waals surface area contributed by atoms with Gasteiger partial charge in [0.2, 0.25) is 0 Å². The Morgan fingerprint density at radius 2 is 1.67 bits per heavy atom. The van der Waals surface area contributed by atoms with E-state index in [0.29, 0.717) is 16.7 Å². The largest absolute Gasteiger partial charge is 0.352 e. The van der Waals surface area contributed by atoms with Gasteiger partial charge in [-0.1, -0.05) is 36.4 Å². The molecule has 0 aliphatic carbocycles. The molecule has 0 bridgehead atoms. The SMILES string of the molecule is NC(=O)NC1c2ccccc2C(=O)N2Cc3ccccc3C(=O)N12. The summed E-state index contributed by atoms with van der Waals surface area (Å²) in [6, 6.07) is 13.2. The third kappa shape index (κ3) is 1.95. The highest BCUT2D eigenvalue weighted by atomic mass is 16.2. The minimum Gasteiger partial charge on any atom is -0.352 e. The average molecular weight is 322 g/mol. The maximum atomic E-state index is 12.9. The van der Waals surface area contributed by atoms with E-state index in [4.69, 9.17) is 5.73 Å². The number of nitrogens with zero attached hydrogens (tertiary/aromatic N) is 2. The molecule has 0 saturated heterocycles. The number of hydrogen-bond donors (Lipinski definition) is 2. The van der Waals surface area contributed by atoms with E-state index in [1.165, 1.54) is 10.0 Å². The molecule has 4 rings (SSSR count). The molecule has 3 N–H and O–H groups in total. The van der Waals surface area contributed by atoms with Gasteiger partial charge in [0.25, 0.3) is 11.8 Å². The summed E-state index contributed by atoms with van der Waals surface area (Å²) in [7, 11) is 0. The summed E-state index contributed by atoms with van der Waals surface area (Å²) in [5.41, 5.74) is 7.56. The molecule has 1 unspecified atom stereocenters. The second-order valence-electron chi connectivity index (χ2n) is 5.67. The van der Waals surface area contributed by atoms with Crippen LogP contribution in [0.2, 0.25) is 0 Å². The molecular formula is C17H14N4O3. The van der Waals surface area contributed by atoms with Gasteiger partial charge in [0.05, 0.1) is 6.54 Å². The van der Waals surface area contributed by atoms with Gasteiger partial charge in [-0.05, 0) is 17.7 Å². The number of amides is 4. The minimum atomic E-state index is -0.822. The highest BCUT2D eigenvalue weighted by Gasteiger charge is 2.44. The Morgan fingerprint density at radius 1 is 1.00 bits per heavy atom. The minimum absolute atomic E-state index is 0.256. The molecule has 2 aliphatic heterocycles. The number of primary amides is 1. The molecule has 0 radical (unpaired) electrons. The molecular weight excluding hydrogens is 308 g/mol. The van der Waals surface area contributed by atoms with Crippen molar-refractivity contribution >= 4 is 17.8 Å². The molecule has 0 saturated carbocycles. The van der Waals surface area contributed by atoms with Crippen molar-refractivity contribution in [1.29, 1.82) is 0 Å². The Kier molecular flexibility index (Phi) is 3.02. The number of carbonyl (C=O) groups excluding carboxylic acids is 3. The van der Waals surface area contributed by atoms with Crippen molar-refractivity contribution in [1.82, 2.24) is 15.3 Å². The second kappa shape index (κ2) is 5.09. The molecule has 4 amide bonds. The van der Waals surface area contributed by atoms with Crippen LogP contribution in [0.3, 0.4) is 0 Å². The van der Waals surface area contributed by atoms with Gasteiger partial charge in [0, 0.05) is 16.7 Å². The number of urea groups is 1. The lowest BCUT2D eigenvalue weighted by Crippen LogP contribution is -2.61. The molecule has 120 valence electrons. The van der Waals surface area contributed by atoms with E-state index in [9.17, 15) is 14.4 Å². The predicted octanol–water partition coefficient (Wildman–Crippen LogP) is 1.38. The van der Waals surface area contributed by atoms with Crippen LogP contribution in [0.1, 0.15) is 38.0 Å². The van der Waals surface area contributed by atoms with Crippen molar-refractivity contribution < 1.29 is 14.4 Å². The van der Waals surface area contributed by atoms with Gasteiger partial charge in [-0.2, -0.15) is 0 Å². The molecule has 2 aromatic carbocycles. The lowest BCUT2D eigenvalue weighted by atomic mass is 9.96. The van der Waals surface area contributed by atoms with Gasteiger partial charge in [-0.25, -0.2) is 14.8 Å². The number of nitrogens with two attached hydrogens (primary N) is 1. The maximum absolute atomic E-state index is 12.9. The highest BCUT2D eigenvalue weighted by Crippen LogP contribution is 2.36. The summed E-state index contributed by atoms with van der Waals surface area (Å²) in [6.45, 7) is 0.256. The number of hydrogen-bond acceptors (Lipinski definition) is 3. The van der Waals surface area contributed by atoms with Gasteiger partial charge in [0.15, 0.2) is 6.17 Å². The molecule has 0 fully saturated rings. The Labute approximate surface area is 137 Å². The number of rotatable bonds is 1. The van der Waals surface area contributed by atoms with Crippen molar-refractivity contribution in [2.45, 2.75) is 12.7 Å². The van der Waals surface area contributed by atoms with Crippen LogP contribution < -0.4 is 11.1 Å². The zero-order chi connectivity index (χ0) is 16.8. The van der Waals surface area contributed by atoms with Gasteiger partial charge < -0.3 is 11.1 Å². The monoisotopic (exact) mass is 322 g/mol. The molecule has 7 heteroatoms. The summed E-state index contributed by atoms with van der Waals surface area (Å²) in [6.07, 6.45) is -0.822. The second-order valence-corrected chi connectivity index (χ2v) is 5.67. The van der Waals surface area contributed by atoms with Crippen LogP contribution in [0.4, 0.5) is 4.79 Å². The summed E-state index contributed by atoms with van der Waals surface area (Å²) < 4.78 is 0. The fraction of sp³-hybridized carbons (Fsp3) is 0.118. The number of benzene rings is 2. The normalized spacial score (nSPS) is 18.6. The summed E-state index contributed by atoms with van der Waals surface area (Å²) in [5, 5.41) is 5.20. The van der Waals surface area contributed by atoms with E-state index < -0.39 is 12.2 Å². The lowest BCUT2D eigenvalue weighted by Gasteiger charge is -2.47. The van der Waals surface area contributed by atoms with E-state index in [-0.39, 0.29) is 18.4 Å². The average Bonchev–Trinajstić information content (AvgIpc) is 2.58. The third-order valence-corrected chi connectivity index (χ3v) is 4.28. The van der Waals surface area contributed by atoms with Crippen LogP contribution >= 0.6 is 0 Å². The first kappa shape index (κ1) is 14.3. The van der Waals surface area contributed by atoms with Crippen LogP contribution in [0, 0.1) is 0 Å². The standard InChI is InChI=1S/C17H14N4O3/c18-17(24)19-14-12-7-3-4-8-13(12)15(22)20-9-10-5-1-2-6-11(10)16(23)21(14)20/h1-8,14H,9H2,(H3,18,19,24). The first-order valence-electron chi connectivity index (χ1n) is 7.46. The Morgan fingerprint density at radius 3 is 2.42 bits per heavy atom. The van der Waals surface area contributed by atoms with E-state index in [1.807, 2.05) is 12.1 Å². The molecule has 2 aliphatic rings. The molecule has 0 aromatic heterocycles. The van der Waals surface area contributed by atoms with Gasteiger partial charge in [-0.3, -0.25) is 9.59 Å². The van der Waals surface area contributed by atoms with Gasteiger partial charge in [0.1, 0.15) is 0 Å². The Bertz CT molecular complexity index is 880. The molecule has 0 spiro atoms. The van der Waals surface area contributed by atoms with Crippen LogP contribution in [0.5, 0.6) is 0 Å². The number of nitrogens with one attached hydrogen (secondary N) is 1. The summed E-state index contributed by atoms with van der Waals surface area (Å²) in [5.74, 6) is -0.630. The van der Waals surface area contributed by atoms with E-state index in [1.54, 1.807) is 36.4 Å². The molecule has 24 heavy (non-hydrogen) atoms. The molecule has 1 atom stereocenters. The van der Waals surface area contributed by atoms with Gasteiger partial charge >= 0.3 is 6.03 Å². The Hall–Kier alpha value is -3.35. The van der Waals surface area contributed by atoms with Crippen molar-refractivity contribution in [2.75, 3.05) is 0 Å². The van der Waals surface area contributed by atoms with E-state index >= 15 is 0 Å². The number of hydrazine groups is 1. The van der Waals surface area contributed by atoms with E-state index in [0.717, 1.165) is 5.56 Å². The molecule has 2 heterocycles. The van der Waals surface area contributed by atoms with Crippen LogP contribution in [-0.4, -0.2) is 27.9 Å². The smallest absolute Gasteiger partial charge is 0.314 e. The third-order valence-electron chi connectivity index (χ3n) is 4.28. The zero-order valence-corrected chi connectivity index (χ0v) is 12.6. The van der Waals surface area contributed by atoms with Crippen molar-refractivity contribution in [2.24, 2.45) is 5.73 Å². The summed E-state index contributed by atoms with van der Waals surface area (Å²) in [4.78, 5) is 37.2. The van der Waals surface area contributed by atoms with Crippen molar-refractivity contribution in [3.63, 3.8) is 0 Å².